The molecule has 1 N–H and O–H groups in total. The van der Waals surface area contributed by atoms with E-state index >= 15 is 0 Å². The van der Waals surface area contributed by atoms with E-state index in [0.717, 1.165) is 30.5 Å². The van der Waals surface area contributed by atoms with Crippen LogP contribution in [0.15, 0.2) is 54.6 Å². The summed E-state index contributed by atoms with van der Waals surface area (Å²) in [7, 11) is 0. The van der Waals surface area contributed by atoms with Crippen LogP contribution < -0.4 is 10.1 Å². The molecule has 0 aromatic heterocycles. The van der Waals surface area contributed by atoms with E-state index in [1.165, 1.54) is 12.0 Å². The van der Waals surface area contributed by atoms with E-state index in [0.29, 0.717) is 0 Å². The van der Waals surface area contributed by atoms with Crippen molar-refractivity contribution in [1.29, 1.82) is 0 Å². The summed E-state index contributed by atoms with van der Waals surface area (Å²) in [4.78, 5) is 0. The Labute approximate surface area is 121 Å². The molecule has 1 unspecified atom stereocenters. The van der Waals surface area contributed by atoms with Crippen molar-refractivity contribution in [3.63, 3.8) is 0 Å². The van der Waals surface area contributed by atoms with Crippen LogP contribution in [-0.2, 0) is 6.54 Å². The van der Waals surface area contributed by atoms with E-state index in [1.807, 2.05) is 42.5 Å². The van der Waals surface area contributed by atoms with Gasteiger partial charge in [-0.3, -0.25) is 0 Å². The normalized spacial score (nSPS) is 12.1. The third-order valence-corrected chi connectivity index (χ3v) is 3.40. The van der Waals surface area contributed by atoms with Crippen LogP contribution in [0.1, 0.15) is 25.8 Å². The minimum atomic E-state index is 0.721. The standard InChI is InChI=1S/C18H23NO/c1-3-15(2)13-19-14-16-8-7-11-18(12-16)20-17-9-5-4-6-10-17/h4-12,15,19H,3,13-14H2,1-2H3. The lowest BCUT2D eigenvalue weighted by Crippen LogP contribution is -2.20. The fraction of sp³-hybridized carbons (Fsp3) is 0.333. The number of benzene rings is 2. The van der Waals surface area contributed by atoms with Gasteiger partial charge in [0.05, 0.1) is 0 Å². The van der Waals surface area contributed by atoms with Gasteiger partial charge in [0.25, 0.3) is 0 Å². The summed E-state index contributed by atoms with van der Waals surface area (Å²) in [6.07, 6.45) is 1.21. The second-order valence-corrected chi connectivity index (χ2v) is 5.21. The maximum atomic E-state index is 5.84. The molecule has 0 bridgehead atoms. The molecule has 2 heteroatoms. The lowest BCUT2D eigenvalue weighted by Gasteiger charge is -2.11. The van der Waals surface area contributed by atoms with Crippen LogP contribution in [0.3, 0.4) is 0 Å². The minimum absolute atomic E-state index is 0.721. The molecule has 106 valence electrons. The van der Waals surface area contributed by atoms with Gasteiger partial charge in [-0.05, 0) is 42.3 Å². The maximum absolute atomic E-state index is 5.84. The van der Waals surface area contributed by atoms with Crippen LogP contribution in [0.5, 0.6) is 11.5 Å². The number of hydrogen-bond acceptors (Lipinski definition) is 2. The Morgan fingerprint density at radius 1 is 1.00 bits per heavy atom. The van der Waals surface area contributed by atoms with E-state index < -0.39 is 0 Å². The van der Waals surface area contributed by atoms with Gasteiger partial charge in [-0.1, -0.05) is 50.6 Å². The van der Waals surface area contributed by atoms with Crippen LogP contribution in [0, 0.1) is 5.92 Å². The molecule has 0 fully saturated rings. The van der Waals surface area contributed by atoms with Crippen molar-refractivity contribution in [3.8, 4) is 11.5 Å². The zero-order valence-electron chi connectivity index (χ0n) is 12.3. The van der Waals surface area contributed by atoms with Crippen LogP contribution >= 0.6 is 0 Å². The molecule has 2 rings (SSSR count). The van der Waals surface area contributed by atoms with Gasteiger partial charge in [0.15, 0.2) is 0 Å². The summed E-state index contributed by atoms with van der Waals surface area (Å²) in [5.41, 5.74) is 1.25. The molecule has 0 saturated carbocycles. The molecule has 2 aromatic carbocycles. The lowest BCUT2D eigenvalue weighted by molar-refractivity contribution is 0.479. The van der Waals surface area contributed by atoms with Gasteiger partial charge >= 0.3 is 0 Å². The highest BCUT2D eigenvalue weighted by Gasteiger charge is 2.01. The monoisotopic (exact) mass is 269 g/mol. The molecule has 0 saturated heterocycles. The Hall–Kier alpha value is -1.80. The van der Waals surface area contributed by atoms with Crippen LogP contribution in [-0.4, -0.2) is 6.54 Å². The van der Waals surface area contributed by atoms with Gasteiger partial charge in [-0.25, -0.2) is 0 Å². The van der Waals surface area contributed by atoms with Gasteiger partial charge in [0.1, 0.15) is 11.5 Å². The molecule has 0 aliphatic carbocycles. The molecule has 0 aliphatic heterocycles. The number of rotatable bonds is 7. The number of nitrogens with one attached hydrogen (secondary N) is 1. The van der Waals surface area contributed by atoms with Crippen molar-refractivity contribution < 1.29 is 4.74 Å². The van der Waals surface area contributed by atoms with Gasteiger partial charge in [-0.2, -0.15) is 0 Å². The first-order valence-electron chi connectivity index (χ1n) is 7.30. The fourth-order valence-corrected chi connectivity index (χ4v) is 1.95. The Kier molecular flexibility index (Phi) is 5.63. The van der Waals surface area contributed by atoms with Crippen molar-refractivity contribution in [2.24, 2.45) is 5.92 Å². The second-order valence-electron chi connectivity index (χ2n) is 5.21. The average Bonchev–Trinajstić information content (AvgIpc) is 2.48. The molecule has 1 atom stereocenters. The Morgan fingerprint density at radius 2 is 1.75 bits per heavy atom. The zero-order valence-corrected chi connectivity index (χ0v) is 12.3. The second kappa shape index (κ2) is 7.71. The van der Waals surface area contributed by atoms with E-state index in [4.69, 9.17) is 4.74 Å². The molecule has 0 amide bonds. The van der Waals surface area contributed by atoms with Crippen LogP contribution in [0.4, 0.5) is 0 Å². The Balaban J connectivity index is 1.91. The summed E-state index contributed by atoms with van der Waals surface area (Å²) < 4.78 is 5.84. The molecule has 0 heterocycles. The fourth-order valence-electron chi connectivity index (χ4n) is 1.95. The van der Waals surface area contributed by atoms with E-state index in [9.17, 15) is 0 Å². The van der Waals surface area contributed by atoms with E-state index in [2.05, 4.69) is 31.3 Å². The summed E-state index contributed by atoms with van der Waals surface area (Å²) in [5, 5.41) is 3.49. The molecule has 2 nitrogen and oxygen atoms in total. The molecule has 0 aliphatic rings. The highest BCUT2D eigenvalue weighted by molar-refractivity contribution is 5.33. The third kappa shape index (κ3) is 4.71. The molecule has 20 heavy (non-hydrogen) atoms. The highest BCUT2D eigenvalue weighted by atomic mass is 16.5. The first-order valence-corrected chi connectivity index (χ1v) is 7.30. The van der Waals surface area contributed by atoms with Gasteiger partial charge in [0, 0.05) is 6.54 Å². The third-order valence-electron chi connectivity index (χ3n) is 3.40. The molecular weight excluding hydrogens is 246 g/mol. The van der Waals surface area contributed by atoms with Crippen molar-refractivity contribution in [2.75, 3.05) is 6.54 Å². The molecule has 0 spiro atoms. The number of hydrogen-bond donors (Lipinski definition) is 1. The van der Waals surface area contributed by atoms with Crippen molar-refractivity contribution in [3.05, 3.63) is 60.2 Å². The van der Waals surface area contributed by atoms with Crippen molar-refractivity contribution in [2.45, 2.75) is 26.8 Å². The summed E-state index contributed by atoms with van der Waals surface area (Å²) >= 11 is 0. The Bertz CT molecular complexity index is 510. The summed E-state index contributed by atoms with van der Waals surface area (Å²) in [5.74, 6) is 2.48. The summed E-state index contributed by atoms with van der Waals surface area (Å²) in [6, 6.07) is 18.1. The zero-order chi connectivity index (χ0) is 14.2. The smallest absolute Gasteiger partial charge is 0.127 e. The van der Waals surface area contributed by atoms with Crippen LogP contribution in [0.2, 0.25) is 0 Å². The van der Waals surface area contributed by atoms with E-state index in [1.54, 1.807) is 0 Å². The topological polar surface area (TPSA) is 21.3 Å². The highest BCUT2D eigenvalue weighted by Crippen LogP contribution is 2.21. The maximum Gasteiger partial charge on any atom is 0.127 e. The predicted octanol–water partition coefficient (Wildman–Crippen LogP) is 4.61. The van der Waals surface area contributed by atoms with Crippen molar-refractivity contribution >= 4 is 0 Å². The molecule has 2 aromatic rings. The quantitative estimate of drug-likeness (QED) is 0.792. The SMILES string of the molecule is CCC(C)CNCc1cccc(Oc2ccccc2)c1. The van der Waals surface area contributed by atoms with Gasteiger partial charge in [0.2, 0.25) is 0 Å². The number of para-hydroxylation sites is 1. The predicted molar refractivity (Wildman–Crippen MR) is 84.1 cm³/mol. The number of ether oxygens (including phenoxy) is 1. The van der Waals surface area contributed by atoms with Gasteiger partial charge < -0.3 is 10.1 Å². The van der Waals surface area contributed by atoms with Gasteiger partial charge in [-0.15, -0.1) is 0 Å². The van der Waals surface area contributed by atoms with E-state index in [-0.39, 0.29) is 0 Å². The lowest BCUT2D eigenvalue weighted by atomic mass is 10.1. The molecular formula is C18H23NO. The average molecular weight is 269 g/mol. The summed E-state index contributed by atoms with van der Waals surface area (Å²) in [6.45, 7) is 6.43. The Morgan fingerprint density at radius 3 is 2.50 bits per heavy atom. The first-order chi connectivity index (χ1) is 9.78. The largest absolute Gasteiger partial charge is 0.457 e. The van der Waals surface area contributed by atoms with Crippen molar-refractivity contribution in [1.82, 2.24) is 5.32 Å². The molecule has 0 radical (unpaired) electrons. The first kappa shape index (κ1) is 14.6. The van der Waals surface area contributed by atoms with Crippen LogP contribution in [0.25, 0.3) is 0 Å². The minimum Gasteiger partial charge on any atom is -0.457 e.